The summed E-state index contributed by atoms with van der Waals surface area (Å²) in [6.07, 6.45) is 4.55. The molecule has 0 fully saturated rings. The fraction of sp³-hybridized carbons (Fsp3) is 0.0345. The number of hydrogen-bond donors (Lipinski definition) is 0. The lowest BCUT2D eigenvalue weighted by Gasteiger charge is -2.08. The Labute approximate surface area is 186 Å². The molecule has 0 bridgehead atoms. The fourth-order valence-electron chi connectivity index (χ4n) is 4.47. The van der Waals surface area contributed by atoms with Crippen molar-refractivity contribution in [3.8, 4) is 17.1 Å². The highest BCUT2D eigenvalue weighted by Crippen LogP contribution is 2.32. The van der Waals surface area contributed by atoms with Crippen molar-refractivity contribution in [1.82, 2.24) is 14.5 Å². The first-order chi connectivity index (χ1) is 15.9. The molecule has 3 nitrogen and oxygen atoms in total. The lowest BCUT2D eigenvalue weighted by Crippen LogP contribution is -1.97. The molecule has 0 atom stereocenters. The molecule has 3 aromatic carbocycles. The largest absolute Gasteiger partial charge is 0.294 e. The summed E-state index contributed by atoms with van der Waals surface area (Å²) in [5.74, 6) is 0.938. The molecule has 6 aromatic rings. The Kier molecular flexibility index (Phi) is 4.51. The fourth-order valence-corrected chi connectivity index (χ4v) is 4.47. The first-order valence-corrected chi connectivity index (χ1v) is 10.8. The molecule has 32 heavy (non-hydrogen) atoms. The Bertz CT molecular complexity index is 1530. The summed E-state index contributed by atoms with van der Waals surface area (Å²) in [5, 5.41) is 2.49. The standard InChI is InChI=1S/C29H21N3/c1-2-12-27-24(10-1)25-15-14-22(20-28(25)32(27)29-13-4-6-17-31-29)18-21-8-7-9-23(19-21)26-11-3-5-16-30-26/h1-17,19-20H,18H2. The molecule has 0 saturated carbocycles. The molecular formula is C29H21N3. The quantitative estimate of drug-likeness (QED) is 0.318. The van der Waals surface area contributed by atoms with Crippen molar-refractivity contribution >= 4 is 21.8 Å². The van der Waals surface area contributed by atoms with Crippen LogP contribution in [-0.2, 0) is 6.42 Å². The third-order valence-corrected chi connectivity index (χ3v) is 5.91. The van der Waals surface area contributed by atoms with Crippen molar-refractivity contribution in [2.45, 2.75) is 6.42 Å². The van der Waals surface area contributed by atoms with Gasteiger partial charge in [0.05, 0.1) is 16.7 Å². The molecule has 0 aliphatic carbocycles. The third kappa shape index (κ3) is 3.25. The third-order valence-electron chi connectivity index (χ3n) is 5.91. The molecule has 0 aliphatic rings. The van der Waals surface area contributed by atoms with E-state index >= 15 is 0 Å². The van der Waals surface area contributed by atoms with E-state index in [-0.39, 0.29) is 0 Å². The molecule has 152 valence electrons. The van der Waals surface area contributed by atoms with Crippen molar-refractivity contribution < 1.29 is 0 Å². The number of aromatic nitrogens is 3. The van der Waals surface area contributed by atoms with Crippen LogP contribution in [0, 0.1) is 0 Å². The molecule has 3 heterocycles. The minimum atomic E-state index is 0.861. The van der Waals surface area contributed by atoms with E-state index in [1.165, 1.54) is 32.9 Å². The van der Waals surface area contributed by atoms with E-state index < -0.39 is 0 Å². The van der Waals surface area contributed by atoms with Crippen LogP contribution in [0.25, 0.3) is 38.9 Å². The Hall–Kier alpha value is -4.24. The summed E-state index contributed by atoms with van der Waals surface area (Å²) >= 11 is 0. The van der Waals surface area contributed by atoms with Gasteiger partial charge in [-0.3, -0.25) is 9.55 Å². The van der Waals surface area contributed by atoms with Gasteiger partial charge in [-0.15, -0.1) is 0 Å². The summed E-state index contributed by atoms with van der Waals surface area (Å²) in [7, 11) is 0. The van der Waals surface area contributed by atoms with E-state index in [1.807, 2.05) is 36.7 Å². The van der Waals surface area contributed by atoms with E-state index in [0.717, 1.165) is 23.5 Å². The predicted molar refractivity (Wildman–Crippen MR) is 131 cm³/mol. The average Bonchev–Trinajstić information content (AvgIpc) is 3.19. The van der Waals surface area contributed by atoms with Crippen molar-refractivity contribution in [2.75, 3.05) is 0 Å². The second-order valence-corrected chi connectivity index (χ2v) is 7.98. The van der Waals surface area contributed by atoms with Crippen LogP contribution < -0.4 is 0 Å². The molecule has 6 rings (SSSR count). The van der Waals surface area contributed by atoms with Gasteiger partial charge in [0.1, 0.15) is 5.82 Å². The zero-order valence-electron chi connectivity index (χ0n) is 17.5. The Balaban J connectivity index is 1.46. The van der Waals surface area contributed by atoms with Crippen molar-refractivity contribution in [2.24, 2.45) is 0 Å². The summed E-state index contributed by atoms with van der Waals surface area (Å²) in [4.78, 5) is 9.13. The number of benzene rings is 3. The maximum absolute atomic E-state index is 4.64. The van der Waals surface area contributed by atoms with E-state index in [1.54, 1.807) is 0 Å². The molecule has 0 radical (unpaired) electrons. The molecule has 3 aromatic heterocycles. The van der Waals surface area contributed by atoms with Gasteiger partial charge >= 0.3 is 0 Å². The highest BCUT2D eigenvalue weighted by molar-refractivity contribution is 6.09. The van der Waals surface area contributed by atoms with Gasteiger partial charge in [-0.25, -0.2) is 4.98 Å². The Morgan fingerprint density at radius 3 is 2.19 bits per heavy atom. The number of hydrogen-bond acceptors (Lipinski definition) is 2. The number of fused-ring (bicyclic) bond motifs is 3. The molecule has 0 spiro atoms. The summed E-state index contributed by atoms with van der Waals surface area (Å²) in [5.41, 5.74) is 7.05. The van der Waals surface area contributed by atoms with Gasteiger partial charge in [-0.2, -0.15) is 0 Å². The number of para-hydroxylation sites is 1. The number of rotatable bonds is 4. The normalized spacial score (nSPS) is 11.2. The second-order valence-electron chi connectivity index (χ2n) is 7.98. The highest BCUT2D eigenvalue weighted by atomic mass is 15.1. The van der Waals surface area contributed by atoms with Crippen molar-refractivity contribution in [3.63, 3.8) is 0 Å². The van der Waals surface area contributed by atoms with Gasteiger partial charge in [0.25, 0.3) is 0 Å². The summed E-state index contributed by atoms with van der Waals surface area (Å²) in [6, 6.07) is 36.1. The number of nitrogens with zero attached hydrogens (tertiary/aromatic N) is 3. The Morgan fingerprint density at radius 2 is 1.34 bits per heavy atom. The lowest BCUT2D eigenvalue weighted by molar-refractivity contribution is 1.08. The van der Waals surface area contributed by atoms with Crippen LogP contribution in [0.15, 0.2) is 116 Å². The van der Waals surface area contributed by atoms with Crippen LogP contribution in [0.4, 0.5) is 0 Å². The molecule has 3 heteroatoms. The molecule has 0 aliphatic heterocycles. The highest BCUT2D eigenvalue weighted by Gasteiger charge is 2.13. The van der Waals surface area contributed by atoms with Gasteiger partial charge in [0.15, 0.2) is 0 Å². The van der Waals surface area contributed by atoms with Crippen LogP contribution >= 0.6 is 0 Å². The lowest BCUT2D eigenvalue weighted by atomic mass is 10.0. The van der Waals surface area contributed by atoms with Crippen LogP contribution in [0.1, 0.15) is 11.1 Å². The van der Waals surface area contributed by atoms with Gasteiger partial charge in [0, 0.05) is 28.7 Å². The second kappa shape index (κ2) is 7.78. The maximum Gasteiger partial charge on any atom is 0.137 e. The predicted octanol–water partition coefficient (Wildman–Crippen LogP) is 6.83. The van der Waals surface area contributed by atoms with Crippen LogP contribution in [-0.4, -0.2) is 14.5 Å². The zero-order chi connectivity index (χ0) is 21.3. The molecule has 0 unspecified atom stereocenters. The monoisotopic (exact) mass is 411 g/mol. The topological polar surface area (TPSA) is 30.7 Å². The Morgan fingerprint density at radius 1 is 0.562 bits per heavy atom. The van der Waals surface area contributed by atoms with Crippen LogP contribution in [0.2, 0.25) is 0 Å². The summed E-state index contributed by atoms with van der Waals surface area (Å²) in [6.45, 7) is 0. The first kappa shape index (κ1) is 18.5. The van der Waals surface area contributed by atoms with Gasteiger partial charge < -0.3 is 0 Å². The summed E-state index contributed by atoms with van der Waals surface area (Å²) < 4.78 is 2.26. The van der Waals surface area contributed by atoms with Crippen LogP contribution in [0.3, 0.4) is 0 Å². The molecule has 0 saturated heterocycles. The minimum absolute atomic E-state index is 0.861. The van der Waals surface area contributed by atoms with E-state index in [2.05, 4.69) is 93.4 Å². The first-order valence-electron chi connectivity index (χ1n) is 10.8. The molecule has 0 N–H and O–H groups in total. The minimum Gasteiger partial charge on any atom is -0.294 e. The van der Waals surface area contributed by atoms with Gasteiger partial charge in [-0.1, -0.05) is 60.7 Å². The van der Waals surface area contributed by atoms with Gasteiger partial charge in [0.2, 0.25) is 0 Å². The van der Waals surface area contributed by atoms with Crippen molar-refractivity contribution in [1.29, 1.82) is 0 Å². The van der Waals surface area contributed by atoms with Crippen molar-refractivity contribution in [3.05, 3.63) is 127 Å². The van der Waals surface area contributed by atoms with E-state index in [4.69, 9.17) is 0 Å². The number of pyridine rings is 2. The molecular weight excluding hydrogens is 390 g/mol. The van der Waals surface area contributed by atoms with Gasteiger partial charge in [-0.05, 0) is 60.0 Å². The SMILES string of the molecule is c1ccc(-c2cccc(Cc3ccc4c5ccccc5n(-c5ccccn5)c4c3)c2)nc1. The smallest absolute Gasteiger partial charge is 0.137 e. The van der Waals surface area contributed by atoms with Crippen LogP contribution in [0.5, 0.6) is 0 Å². The average molecular weight is 412 g/mol. The van der Waals surface area contributed by atoms with E-state index in [9.17, 15) is 0 Å². The molecule has 0 amide bonds. The maximum atomic E-state index is 4.64. The zero-order valence-corrected chi connectivity index (χ0v) is 17.5. The van der Waals surface area contributed by atoms with E-state index in [0.29, 0.717) is 0 Å².